The highest BCUT2D eigenvalue weighted by atomic mass is 35.5. The zero-order valence-corrected chi connectivity index (χ0v) is 14.7. The number of aliphatic carboxylic acids is 1. The van der Waals surface area contributed by atoms with Crippen LogP contribution in [0.1, 0.15) is 29.6 Å². The third kappa shape index (κ3) is 4.19. The maximum Gasteiger partial charge on any atom is 0.305 e. The van der Waals surface area contributed by atoms with Crippen molar-refractivity contribution in [3.05, 3.63) is 33.8 Å². The van der Waals surface area contributed by atoms with E-state index in [9.17, 15) is 14.4 Å². The number of hydrogen-bond donors (Lipinski definition) is 1. The molecule has 1 atom stereocenters. The van der Waals surface area contributed by atoms with Crippen molar-refractivity contribution in [2.75, 3.05) is 20.1 Å². The number of carbonyl (C=O) groups excluding carboxylic acids is 2. The Bertz CT molecular complexity index is 665. The smallest absolute Gasteiger partial charge is 0.305 e. The van der Waals surface area contributed by atoms with Crippen LogP contribution in [0.15, 0.2) is 18.2 Å². The molecule has 1 N–H and O–H groups in total. The van der Waals surface area contributed by atoms with Gasteiger partial charge in [0.1, 0.15) is 6.04 Å². The Hall–Kier alpha value is -1.79. The van der Waals surface area contributed by atoms with Gasteiger partial charge in [0.2, 0.25) is 5.91 Å². The fraction of sp³-hybridized carbons (Fsp3) is 0.438. The third-order valence-corrected chi connectivity index (χ3v) is 4.56. The molecule has 6 nitrogen and oxygen atoms in total. The molecule has 24 heavy (non-hydrogen) atoms. The van der Waals surface area contributed by atoms with Gasteiger partial charge >= 0.3 is 5.97 Å². The van der Waals surface area contributed by atoms with E-state index < -0.39 is 12.0 Å². The van der Waals surface area contributed by atoms with Crippen LogP contribution < -0.4 is 0 Å². The molecule has 2 amide bonds. The number of likely N-dealkylation sites (N-methyl/N-ethyl adjacent to an activating group) is 1. The van der Waals surface area contributed by atoms with Gasteiger partial charge in [-0.05, 0) is 31.0 Å². The minimum Gasteiger partial charge on any atom is -0.481 e. The van der Waals surface area contributed by atoms with E-state index in [4.69, 9.17) is 28.3 Å². The Morgan fingerprint density at radius 1 is 1.33 bits per heavy atom. The minimum absolute atomic E-state index is 0.102. The Balaban J connectivity index is 2.14. The average Bonchev–Trinajstić information content (AvgIpc) is 3.02. The first-order chi connectivity index (χ1) is 11.3. The molecule has 0 bridgehead atoms. The fourth-order valence-corrected chi connectivity index (χ4v) is 3.08. The lowest BCUT2D eigenvalue weighted by molar-refractivity contribution is -0.139. The summed E-state index contributed by atoms with van der Waals surface area (Å²) in [6.07, 6.45) is 1.11. The predicted octanol–water partition coefficient (Wildman–Crippen LogP) is 2.53. The Morgan fingerprint density at radius 2 is 2.04 bits per heavy atom. The summed E-state index contributed by atoms with van der Waals surface area (Å²) in [6, 6.07) is 4.02. The number of nitrogens with zero attached hydrogens (tertiary/aromatic N) is 2. The molecular weight excluding hydrogens is 355 g/mol. The summed E-state index contributed by atoms with van der Waals surface area (Å²) < 4.78 is 0. The standard InChI is InChI=1S/C16H18Cl2N2O4/c1-19(8-6-14(21)22)16(24)13-3-2-7-20(13)15(23)11-9-10(17)4-5-12(11)18/h4-5,9,13H,2-3,6-8H2,1H3,(H,21,22). The molecule has 1 unspecified atom stereocenters. The van der Waals surface area contributed by atoms with Crippen molar-refractivity contribution in [2.45, 2.75) is 25.3 Å². The summed E-state index contributed by atoms with van der Waals surface area (Å²) in [4.78, 5) is 38.8. The van der Waals surface area contributed by atoms with E-state index in [0.29, 0.717) is 24.4 Å². The van der Waals surface area contributed by atoms with Gasteiger partial charge in [-0.1, -0.05) is 23.2 Å². The van der Waals surface area contributed by atoms with Crippen molar-refractivity contribution in [3.63, 3.8) is 0 Å². The van der Waals surface area contributed by atoms with Gasteiger partial charge in [0.05, 0.1) is 17.0 Å². The van der Waals surface area contributed by atoms with Gasteiger partial charge in [0.15, 0.2) is 0 Å². The number of carboxylic acids is 1. The molecule has 2 rings (SSSR count). The van der Waals surface area contributed by atoms with Gasteiger partial charge in [0.25, 0.3) is 5.91 Å². The predicted molar refractivity (Wildman–Crippen MR) is 90.4 cm³/mol. The van der Waals surface area contributed by atoms with Crippen LogP contribution in [0.5, 0.6) is 0 Å². The number of hydrogen-bond acceptors (Lipinski definition) is 3. The maximum atomic E-state index is 12.7. The number of rotatable bonds is 5. The molecule has 1 heterocycles. The molecule has 1 aromatic rings. The maximum absolute atomic E-state index is 12.7. The first kappa shape index (κ1) is 18.5. The zero-order valence-electron chi connectivity index (χ0n) is 13.2. The fourth-order valence-electron chi connectivity index (χ4n) is 2.71. The molecule has 0 aromatic heterocycles. The molecule has 1 aliphatic heterocycles. The topological polar surface area (TPSA) is 77.9 Å². The van der Waals surface area contributed by atoms with Crippen LogP contribution in [0.2, 0.25) is 10.0 Å². The summed E-state index contributed by atoms with van der Waals surface area (Å²) in [5.41, 5.74) is 0.261. The number of halogens is 2. The van der Waals surface area contributed by atoms with Crippen LogP contribution in [-0.2, 0) is 9.59 Å². The van der Waals surface area contributed by atoms with Gasteiger partial charge in [-0.25, -0.2) is 0 Å². The molecule has 1 aromatic carbocycles. The summed E-state index contributed by atoms with van der Waals surface area (Å²) >= 11 is 12.0. The van der Waals surface area contributed by atoms with Crippen LogP contribution in [0.3, 0.4) is 0 Å². The number of amides is 2. The second-order valence-electron chi connectivity index (χ2n) is 5.68. The normalized spacial score (nSPS) is 17.0. The second kappa shape index (κ2) is 7.85. The lowest BCUT2D eigenvalue weighted by Crippen LogP contribution is -2.47. The lowest BCUT2D eigenvalue weighted by atomic mass is 10.1. The van der Waals surface area contributed by atoms with Gasteiger partial charge < -0.3 is 14.9 Å². The highest BCUT2D eigenvalue weighted by Gasteiger charge is 2.36. The Kier molecular flexibility index (Phi) is 6.07. The van der Waals surface area contributed by atoms with Crippen molar-refractivity contribution < 1.29 is 19.5 Å². The van der Waals surface area contributed by atoms with Crippen molar-refractivity contribution >= 4 is 41.0 Å². The van der Waals surface area contributed by atoms with E-state index >= 15 is 0 Å². The average molecular weight is 373 g/mol. The first-order valence-electron chi connectivity index (χ1n) is 7.54. The van der Waals surface area contributed by atoms with E-state index in [1.807, 2.05) is 0 Å². The number of benzene rings is 1. The quantitative estimate of drug-likeness (QED) is 0.861. The second-order valence-corrected chi connectivity index (χ2v) is 6.53. The molecule has 0 aliphatic carbocycles. The van der Waals surface area contributed by atoms with Crippen LogP contribution in [0.25, 0.3) is 0 Å². The molecule has 1 saturated heterocycles. The zero-order chi connectivity index (χ0) is 17.9. The molecule has 130 valence electrons. The van der Waals surface area contributed by atoms with E-state index in [1.165, 1.54) is 15.9 Å². The van der Waals surface area contributed by atoms with E-state index in [0.717, 1.165) is 0 Å². The monoisotopic (exact) mass is 372 g/mol. The molecular formula is C16H18Cl2N2O4. The van der Waals surface area contributed by atoms with E-state index in [1.54, 1.807) is 19.2 Å². The lowest BCUT2D eigenvalue weighted by Gasteiger charge is -2.28. The van der Waals surface area contributed by atoms with Crippen molar-refractivity contribution in [1.82, 2.24) is 9.80 Å². The molecule has 0 saturated carbocycles. The van der Waals surface area contributed by atoms with Crippen LogP contribution in [0, 0.1) is 0 Å². The van der Waals surface area contributed by atoms with Crippen LogP contribution >= 0.6 is 23.2 Å². The highest BCUT2D eigenvalue weighted by molar-refractivity contribution is 6.35. The summed E-state index contributed by atoms with van der Waals surface area (Å²) in [5, 5.41) is 9.40. The molecule has 8 heteroatoms. The Morgan fingerprint density at radius 3 is 2.71 bits per heavy atom. The van der Waals surface area contributed by atoms with Crippen molar-refractivity contribution in [3.8, 4) is 0 Å². The summed E-state index contributed by atoms with van der Waals surface area (Å²) in [6.45, 7) is 0.551. The highest BCUT2D eigenvalue weighted by Crippen LogP contribution is 2.27. The van der Waals surface area contributed by atoms with E-state index in [-0.39, 0.29) is 35.4 Å². The number of likely N-dealkylation sites (tertiary alicyclic amines) is 1. The largest absolute Gasteiger partial charge is 0.481 e. The minimum atomic E-state index is -0.972. The van der Waals surface area contributed by atoms with Gasteiger partial charge in [0, 0.05) is 25.2 Å². The summed E-state index contributed by atoms with van der Waals surface area (Å²) in [7, 11) is 1.54. The van der Waals surface area contributed by atoms with Gasteiger partial charge in [-0.15, -0.1) is 0 Å². The SMILES string of the molecule is CN(CCC(=O)O)C(=O)C1CCCN1C(=O)c1cc(Cl)ccc1Cl. The van der Waals surface area contributed by atoms with Gasteiger partial charge in [-0.3, -0.25) is 14.4 Å². The van der Waals surface area contributed by atoms with E-state index in [2.05, 4.69) is 0 Å². The van der Waals surface area contributed by atoms with Crippen LogP contribution in [0.4, 0.5) is 0 Å². The van der Waals surface area contributed by atoms with Crippen molar-refractivity contribution in [2.24, 2.45) is 0 Å². The molecule has 1 fully saturated rings. The van der Waals surface area contributed by atoms with Gasteiger partial charge in [-0.2, -0.15) is 0 Å². The van der Waals surface area contributed by atoms with Crippen molar-refractivity contribution in [1.29, 1.82) is 0 Å². The Labute approximate surface area is 149 Å². The number of carboxylic acid groups (broad SMARTS) is 1. The van der Waals surface area contributed by atoms with Crippen LogP contribution in [-0.4, -0.2) is 58.9 Å². The molecule has 1 aliphatic rings. The first-order valence-corrected chi connectivity index (χ1v) is 8.29. The molecule has 0 spiro atoms. The molecule has 0 radical (unpaired) electrons. The third-order valence-electron chi connectivity index (χ3n) is 3.99. The number of carbonyl (C=O) groups is 3. The summed E-state index contributed by atoms with van der Waals surface area (Å²) in [5.74, 6) is -1.58.